The molecule has 1 aromatic carbocycles. The van der Waals surface area contributed by atoms with E-state index in [9.17, 15) is 10.1 Å². The van der Waals surface area contributed by atoms with Crippen molar-refractivity contribution in [2.24, 2.45) is 0 Å². The van der Waals surface area contributed by atoms with E-state index in [4.69, 9.17) is 4.74 Å². The summed E-state index contributed by atoms with van der Waals surface area (Å²) in [6.07, 6.45) is 4.40. The molecule has 0 aromatic heterocycles. The van der Waals surface area contributed by atoms with Crippen LogP contribution in [0, 0.1) is 18.3 Å². The first-order chi connectivity index (χ1) is 11.2. The summed E-state index contributed by atoms with van der Waals surface area (Å²) in [5, 5.41) is 15.1. The predicted octanol–water partition coefficient (Wildman–Crippen LogP) is 2.67. The Hall–Kier alpha value is -2.32. The molecule has 0 radical (unpaired) electrons. The first-order valence-corrected chi connectivity index (χ1v) is 8.00. The monoisotopic (exact) mass is 313 g/mol. The van der Waals surface area contributed by atoms with Crippen LogP contribution in [0.25, 0.3) is 0 Å². The Bertz CT molecular complexity index is 626. The zero-order valence-electron chi connectivity index (χ0n) is 13.7. The molecule has 5 nitrogen and oxygen atoms in total. The molecule has 1 atom stereocenters. The van der Waals surface area contributed by atoms with Crippen LogP contribution in [0.5, 0.6) is 0 Å². The van der Waals surface area contributed by atoms with Crippen molar-refractivity contribution in [2.75, 3.05) is 18.5 Å². The minimum atomic E-state index is -0.373. The van der Waals surface area contributed by atoms with Crippen molar-refractivity contribution < 1.29 is 9.53 Å². The third-order valence-corrected chi connectivity index (χ3v) is 3.98. The zero-order valence-corrected chi connectivity index (χ0v) is 13.7. The lowest BCUT2D eigenvalue weighted by Gasteiger charge is -2.12. The third kappa shape index (κ3) is 4.57. The van der Waals surface area contributed by atoms with Crippen molar-refractivity contribution in [3.8, 4) is 6.07 Å². The molecule has 0 saturated carbocycles. The fourth-order valence-corrected chi connectivity index (χ4v) is 2.63. The molecule has 2 rings (SSSR count). The summed E-state index contributed by atoms with van der Waals surface area (Å²) >= 11 is 0. The van der Waals surface area contributed by atoms with E-state index in [1.807, 2.05) is 31.2 Å². The van der Waals surface area contributed by atoms with Crippen LogP contribution >= 0.6 is 0 Å². The summed E-state index contributed by atoms with van der Waals surface area (Å²) in [6, 6.07) is 7.99. The molecule has 5 heteroatoms. The van der Waals surface area contributed by atoms with Gasteiger partial charge in [-0.2, -0.15) is 5.26 Å². The highest BCUT2D eigenvalue weighted by molar-refractivity contribution is 5.97. The number of nitriles is 1. The molecule has 1 saturated heterocycles. The number of nitrogens with one attached hydrogen (secondary N) is 2. The van der Waals surface area contributed by atoms with Gasteiger partial charge in [0.2, 0.25) is 0 Å². The van der Waals surface area contributed by atoms with E-state index in [1.54, 1.807) is 0 Å². The minimum absolute atomic E-state index is 0.0632. The standard InChI is InChI=1S/C18H23N3O2/c1-3-14-7-4-6-13(2)17(14)20-11-15(10-19)18(22)21-12-16-8-5-9-23-16/h4,6-7,11,16,20H,3,5,8-9,12H2,1-2H3,(H,21,22)/b15-11-. The maximum Gasteiger partial charge on any atom is 0.263 e. The second-order valence-electron chi connectivity index (χ2n) is 5.62. The van der Waals surface area contributed by atoms with Gasteiger partial charge in [-0.1, -0.05) is 25.1 Å². The van der Waals surface area contributed by atoms with Crippen LogP contribution in [0.4, 0.5) is 5.69 Å². The Kier molecular flexibility index (Phi) is 6.19. The van der Waals surface area contributed by atoms with E-state index in [1.165, 1.54) is 6.20 Å². The average Bonchev–Trinajstić information content (AvgIpc) is 3.08. The van der Waals surface area contributed by atoms with E-state index in [2.05, 4.69) is 17.6 Å². The third-order valence-electron chi connectivity index (χ3n) is 3.98. The van der Waals surface area contributed by atoms with Gasteiger partial charge in [-0.05, 0) is 37.3 Å². The van der Waals surface area contributed by atoms with Crippen LogP contribution in [0.1, 0.15) is 30.9 Å². The number of benzene rings is 1. The normalized spacial score (nSPS) is 17.6. The van der Waals surface area contributed by atoms with Gasteiger partial charge < -0.3 is 15.4 Å². The van der Waals surface area contributed by atoms with E-state index in [0.717, 1.165) is 42.7 Å². The number of aryl methyl sites for hydroxylation is 2. The Morgan fingerprint density at radius 2 is 2.35 bits per heavy atom. The van der Waals surface area contributed by atoms with Crippen molar-refractivity contribution >= 4 is 11.6 Å². The van der Waals surface area contributed by atoms with Crippen LogP contribution in [-0.2, 0) is 16.0 Å². The van der Waals surface area contributed by atoms with Gasteiger partial charge >= 0.3 is 0 Å². The molecule has 1 heterocycles. The van der Waals surface area contributed by atoms with E-state index >= 15 is 0 Å². The maximum atomic E-state index is 12.1. The first-order valence-electron chi connectivity index (χ1n) is 8.00. The van der Waals surface area contributed by atoms with Crippen molar-refractivity contribution in [3.05, 3.63) is 41.1 Å². The molecule has 122 valence electrons. The summed E-state index contributed by atoms with van der Waals surface area (Å²) in [7, 11) is 0. The summed E-state index contributed by atoms with van der Waals surface area (Å²) in [5.41, 5.74) is 3.25. The van der Waals surface area contributed by atoms with Gasteiger partial charge in [0, 0.05) is 25.0 Å². The van der Waals surface area contributed by atoms with Gasteiger partial charge in [0.25, 0.3) is 5.91 Å². The number of para-hydroxylation sites is 1. The number of carbonyl (C=O) groups is 1. The van der Waals surface area contributed by atoms with Crippen molar-refractivity contribution in [3.63, 3.8) is 0 Å². The van der Waals surface area contributed by atoms with Gasteiger partial charge in [-0.3, -0.25) is 4.79 Å². The van der Waals surface area contributed by atoms with Gasteiger partial charge in [0.05, 0.1) is 6.10 Å². The molecule has 1 unspecified atom stereocenters. The Morgan fingerprint density at radius 3 is 3.00 bits per heavy atom. The lowest BCUT2D eigenvalue weighted by Crippen LogP contribution is -2.32. The van der Waals surface area contributed by atoms with E-state index < -0.39 is 0 Å². The molecule has 1 aliphatic rings. The van der Waals surface area contributed by atoms with E-state index in [0.29, 0.717) is 6.54 Å². The molecular weight excluding hydrogens is 290 g/mol. The quantitative estimate of drug-likeness (QED) is 0.625. The van der Waals surface area contributed by atoms with Gasteiger partial charge in [0.1, 0.15) is 11.6 Å². The van der Waals surface area contributed by atoms with Crippen LogP contribution in [0.3, 0.4) is 0 Å². The van der Waals surface area contributed by atoms with Crippen molar-refractivity contribution in [1.82, 2.24) is 5.32 Å². The highest BCUT2D eigenvalue weighted by atomic mass is 16.5. The van der Waals surface area contributed by atoms with Crippen LogP contribution in [0.15, 0.2) is 30.0 Å². The number of anilines is 1. The first kappa shape index (κ1) is 17.0. The molecule has 23 heavy (non-hydrogen) atoms. The Balaban J connectivity index is 2.01. The molecule has 1 amide bonds. The van der Waals surface area contributed by atoms with Gasteiger partial charge in [0.15, 0.2) is 0 Å². The number of hydrogen-bond donors (Lipinski definition) is 2. The lowest BCUT2D eigenvalue weighted by molar-refractivity contribution is -0.117. The SMILES string of the molecule is CCc1cccc(C)c1N/C=C(/C#N)C(=O)NCC1CCCO1. The number of nitrogens with zero attached hydrogens (tertiary/aromatic N) is 1. The summed E-state index contributed by atoms with van der Waals surface area (Å²) in [4.78, 5) is 12.1. The molecule has 0 bridgehead atoms. The summed E-state index contributed by atoms with van der Waals surface area (Å²) in [5.74, 6) is -0.373. The fraction of sp³-hybridized carbons (Fsp3) is 0.444. The molecule has 0 spiro atoms. The Morgan fingerprint density at radius 1 is 1.52 bits per heavy atom. The van der Waals surface area contributed by atoms with Gasteiger partial charge in [-0.15, -0.1) is 0 Å². The van der Waals surface area contributed by atoms with Crippen molar-refractivity contribution in [1.29, 1.82) is 5.26 Å². The Labute approximate surface area is 137 Å². The summed E-state index contributed by atoms with van der Waals surface area (Å²) in [6.45, 7) is 5.26. The van der Waals surface area contributed by atoms with Crippen molar-refractivity contribution in [2.45, 2.75) is 39.2 Å². The molecule has 1 aromatic rings. The number of rotatable bonds is 6. The maximum absolute atomic E-state index is 12.1. The molecule has 0 aliphatic carbocycles. The topological polar surface area (TPSA) is 74.2 Å². The fourth-order valence-electron chi connectivity index (χ4n) is 2.63. The van der Waals surface area contributed by atoms with Gasteiger partial charge in [-0.25, -0.2) is 0 Å². The molecule has 1 fully saturated rings. The second kappa shape index (κ2) is 8.35. The highest BCUT2D eigenvalue weighted by Gasteiger charge is 2.17. The molecular formula is C18H23N3O2. The van der Waals surface area contributed by atoms with Crippen LogP contribution in [-0.4, -0.2) is 25.2 Å². The number of amides is 1. The number of carbonyl (C=O) groups excluding carboxylic acids is 1. The zero-order chi connectivity index (χ0) is 16.7. The van der Waals surface area contributed by atoms with Crippen LogP contribution in [0.2, 0.25) is 0 Å². The predicted molar refractivity (Wildman–Crippen MR) is 89.9 cm³/mol. The largest absolute Gasteiger partial charge is 0.376 e. The number of ether oxygens (including phenoxy) is 1. The van der Waals surface area contributed by atoms with E-state index in [-0.39, 0.29) is 17.6 Å². The van der Waals surface area contributed by atoms with Crippen LogP contribution < -0.4 is 10.6 Å². The number of hydrogen-bond acceptors (Lipinski definition) is 4. The second-order valence-corrected chi connectivity index (χ2v) is 5.62. The molecule has 2 N–H and O–H groups in total. The highest BCUT2D eigenvalue weighted by Crippen LogP contribution is 2.21. The minimum Gasteiger partial charge on any atom is -0.376 e. The molecule has 1 aliphatic heterocycles. The average molecular weight is 313 g/mol. The summed E-state index contributed by atoms with van der Waals surface area (Å²) < 4.78 is 5.46. The smallest absolute Gasteiger partial charge is 0.263 e. The lowest BCUT2D eigenvalue weighted by atomic mass is 10.1.